The Morgan fingerprint density at radius 2 is 2.21 bits per heavy atom. The van der Waals surface area contributed by atoms with Gasteiger partial charge >= 0.3 is 0 Å². The van der Waals surface area contributed by atoms with Gasteiger partial charge in [0.2, 0.25) is 5.89 Å². The van der Waals surface area contributed by atoms with Crippen LogP contribution in [0.1, 0.15) is 83.3 Å². The Hall–Kier alpha value is -1.77. The van der Waals surface area contributed by atoms with Crippen molar-refractivity contribution >= 4 is 17.2 Å². The Balaban J connectivity index is 1.42. The number of nitrogens with zero attached hydrogens (tertiary/aromatic N) is 3. The molecule has 29 heavy (non-hydrogen) atoms. The lowest BCUT2D eigenvalue weighted by Gasteiger charge is -2.40. The minimum absolute atomic E-state index is 0.0836. The molecule has 0 unspecified atom stereocenters. The Morgan fingerprint density at radius 3 is 2.97 bits per heavy atom. The predicted molar refractivity (Wildman–Crippen MR) is 109 cm³/mol. The van der Waals surface area contributed by atoms with Crippen LogP contribution in [-0.4, -0.2) is 47.2 Å². The van der Waals surface area contributed by atoms with Crippen molar-refractivity contribution in [2.24, 2.45) is 0 Å². The number of thiophene rings is 1. The van der Waals surface area contributed by atoms with Gasteiger partial charge in [-0.3, -0.25) is 4.79 Å². The van der Waals surface area contributed by atoms with Crippen molar-refractivity contribution in [3.05, 3.63) is 33.1 Å². The van der Waals surface area contributed by atoms with E-state index in [1.807, 2.05) is 18.7 Å². The van der Waals surface area contributed by atoms with E-state index >= 15 is 0 Å². The second-order valence-corrected chi connectivity index (χ2v) is 9.66. The van der Waals surface area contributed by atoms with E-state index in [4.69, 9.17) is 9.26 Å². The molecule has 1 spiro atoms. The molecule has 1 N–H and O–H groups in total. The van der Waals surface area contributed by atoms with Crippen LogP contribution in [0.2, 0.25) is 0 Å². The van der Waals surface area contributed by atoms with Gasteiger partial charge in [-0.2, -0.15) is 4.98 Å². The number of fused-ring (bicyclic) bond motifs is 2. The summed E-state index contributed by atoms with van der Waals surface area (Å²) in [5, 5.41) is 7.51. The summed E-state index contributed by atoms with van der Waals surface area (Å²) in [4.78, 5) is 22.0. The number of likely N-dealkylation sites (tertiary alicyclic amines) is 1. The van der Waals surface area contributed by atoms with Gasteiger partial charge in [0, 0.05) is 17.3 Å². The van der Waals surface area contributed by atoms with Crippen LogP contribution in [0.5, 0.6) is 0 Å². The first-order valence-electron chi connectivity index (χ1n) is 10.7. The molecule has 2 fully saturated rings. The van der Waals surface area contributed by atoms with Gasteiger partial charge in [0.25, 0.3) is 5.91 Å². The number of hydrogen-bond donors (Lipinski definition) is 1. The third kappa shape index (κ3) is 3.31. The summed E-state index contributed by atoms with van der Waals surface area (Å²) in [6, 6.07) is 1.99. The Morgan fingerprint density at radius 1 is 1.38 bits per heavy atom. The summed E-state index contributed by atoms with van der Waals surface area (Å²) in [7, 11) is 0. The molecule has 0 bridgehead atoms. The SMILES string of the molecule is CC(C)c1noc([C@@H]2CCCN2C(=O)c2cc3c(s2)C2(CCNCC2)OCC3)n1. The molecule has 3 aliphatic rings. The Bertz CT molecular complexity index is 900. The number of hydrogen-bond acceptors (Lipinski definition) is 7. The monoisotopic (exact) mass is 416 g/mol. The molecule has 2 aromatic heterocycles. The molecule has 2 saturated heterocycles. The fourth-order valence-electron chi connectivity index (χ4n) is 4.75. The fourth-order valence-corrected chi connectivity index (χ4v) is 6.12. The van der Waals surface area contributed by atoms with Gasteiger partial charge in [0.1, 0.15) is 11.6 Å². The van der Waals surface area contributed by atoms with Crippen LogP contribution in [0, 0.1) is 0 Å². The van der Waals surface area contributed by atoms with Gasteiger partial charge in [-0.1, -0.05) is 19.0 Å². The van der Waals surface area contributed by atoms with E-state index in [9.17, 15) is 4.79 Å². The molecular formula is C21H28N4O3S. The molecular weight excluding hydrogens is 388 g/mol. The summed E-state index contributed by atoms with van der Waals surface area (Å²) in [5.74, 6) is 1.57. The first-order valence-corrected chi connectivity index (χ1v) is 11.5. The molecule has 3 aliphatic heterocycles. The maximum atomic E-state index is 13.5. The van der Waals surface area contributed by atoms with Crippen molar-refractivity contribution in [2.75, 3.05) is 26.2 Å². The second kappa shape index (κ2) is 7.49. The molecule has 7 nitrogen and oxygen atoms in total. The minimum atomic E-state index is -0.203. The number of carbonyl (C=O) groups is 1. The van der Waals surface area contributed by atoms with E-state index in [1.165, 1.54) is 10.4 Å². The van der Waals surface area contributed by atoms with Crippen LogP contribution in [0.25, 0.3) is 0 Å². The number of piperidine rings is 1. The number of ether oxygens (including phenoxy) is 1. The molecule has 156 valence electrons. The molecule has 1 atom stereocenters. The van der Waals surface area contributed by atoms with E-state index in [2.05, 4.69) is 21.5 Å². The highest BCUT2D eigenvalue weighted by atomic mass is 32.1. The molecule has 0 radical (unpaired) electrons. The smallest absolute Gasteiger partial charge is 0.264 e. The van der Waals surface area contributed by atoms with Crippen molar-refractivity contribution in [1.82, 2.24) is 20.4 Å². The van der Waals surface area contributed by atoms with E-state index in [-0.39, 0.29) is 23.5 Å². The van der Waals surface area contributed by atoms with Crippen LogP contribution in [0.4, 0.5) is 0 Å². The van der Waals surface area contributed by atoms with Gasteiger partial charge in [0.05, 0.1) is 11.5 Å². The number of carbonyl (C=O) groups excluding carboxylic acids is 1. The Labute approximate surface area is 174 Å². The van der Waals surface area contributed by atoms with Gasteiger partial charge in [-0.25, -0.2) is 0 Å². The van der Waals surface area contributed by atoms with Crippen LogP contribution >= 0.6 is 11.3 Å². The molecule has 5 rings (SSSR count). The van der Waals surface area contributed by atoms with Gasteiger partial charge in [0.15, 0.2) is 5.82 Å². The predicted octanol–water partition coefficient (Wildman–Crippen LogP) is 3.38. The lowest BCUT2D eigenvalue weighted by Crippen LogP contribution is -2.43. The minimum Gasteiger partial charge on any atom is -0.369 e. The zero-order chi connectivity index (χ0) is 20.0. The van der Waals surface area contributed by atoms with Gasteiger partial charge < -0.3 is 19.5 Å². The maximum Gasteiger partial charge on any atom is 0.264 e. The normalized spacial score (nSPS) is 23.7. The van der Waals surface area contributed by atoms with E-state index in [0.717, 1.165) is 63.2 Å². The highest BCUT2D eigenvalue weighted by Gasteiger charge is 2.42. The zero-order valence-corrected chi connectivity index (χ0v) is 17.9. The van der Waals surface area contributed by atoms with Crippen molar-refractivity contribution < 1.29 is 14.1 Å². The molecule has 2 aromatic rings. The highest BCUT2D eigenvalue weighted by molar-refractivity contribution is 7.14. The highest BCUT2D eigenvalue weighted by Crippen LogP contribution is 2.45. The van der Waals surface area contributed by atoms with Crippen molar-refractivity contribution in [2.45, 2.75) is 63.5 Å². The first-order chi connectivity index (χ1) is 14.1. The molecule has 1 amide bonds. The van der Waals surface area contributed by atoms with Gasteiger partial charge in [-0.15, -0.1) is 11.3 Å². The topological polar surface area (TPSA) is 80.5 Å². The maximum absolute atomic E-state index is 13.5. The van der Waals surface area contributed by atoms with Crippen LogP contribution < -0.4 is 5.32 Å². The molecule has 0 saturated carbocycles. The van der Waals surface area contributed by atoms with Crippen molar-refractivity contribution in [3.8, 4) is 0 Å². The fraction of sp³-hybridized carbons (Fsp3) is 0.667. The third-order valence-corrected chi connectivity index (χ3v) is 7.72. The van der Waals surface area contributed by atoms with Crippen molar-refractivity contribution in [1.29, 1.82) is 0 Å². The number of aromatic nitrogens is 2. The summed E-state index contributed by atoms with van der Waals surface area (Å²) >= 11 is 1.63. The summed E-state index contributed by atoms with van der Waals surface area (Å²) in [6.07, 6.45) is 4.66. The van der Waals surface area contributed by atoms with Crippen molar-refractivity contribution in [3.63, 3.8) is 0 Å². The quantitative estimate of drug-likeness (QED) is 0.826. The van der Waals surface area contributed by atoms with Crippen LogP contribution in [0.3, 0.4) is 0 Å². The van der Waals surface area contributed by atoms with Crippen LogP contribution in [0.15, 0.2) is 10.6 Å². The van der Waals surface area contributed by atoms with E-state index in [1.54, 1.807) is 11.3 Å². The molecule has 8 heteroatoms. The Kier molecular flexibility index (Phi) is 4.96. The number of nitrogens with one attached hydrogen (secondary N) is 1. The third-order valence-electron chi connectivity index (χ3n) is 6.37. The first kappa shape index (κ1) is 19.2. The van der Waals surface area contributed by atoms with Gasteiger partial charge in [-0.05, 0) is 56.8 Å². The zero-order valence-electron chi connectivity index (χ0n) is 17.1. The number of rotatable bonds is 3. The average Bonchev–Trinajstić information content (AvgIpc) is 3.46. The largest absolute Gasteiger partial charge is 0.369 e. The molecule has 0 aliphatic carbocycles. The number of amides is 1. The summed E-state index contributed by atoms with van der Waals surface area (Å²) in [5.41, 5.74) is 1.09. The summed E-state index contributed by atoms with van der Waals surface area (Å²) < 4.78 is 11.8. The lowest BCUT2D eigenvalue weighted by atomic mass is 9.86. The van der Waals surface area contributed by atoms with E-state index < -0.39 is 0 Å². The average molecular weight is 417 g/mol. The second-order valence-electron chi connectivity index (χ2n) is 8.61. The lowest BCUT2D eigenvalue weighted by molar-refractivity contribution is -0.0771. The van der Waals surface area contributed by atoms with E-state index in [0.29, 0.717) is 11.7 Å². The summed E-state index contributed by atoms with van der Waals surface area (Å²) in [6.45, 7) is 7.48. The standard InChI is InChI=1S/C21H28N4O3S/c1-13(2)18-23-19(28-24-18)15-4-3-10-25(15)20(26)16-12-14-5-11-27-21(17(14)29-16)6-8-22-9-7-21/h12-13,15,22H,3-11H2,1-2H3/t15-/m0/s1. The molecule has 0 aromatic carbocycles. The van der Waals surface area contributed by atoms with Crippen LogP contribution in [-0.2, 0) is 16.8 Å². The molecule has 5 heterocycles.